The van der Waals surface area contributed by atoms with Crippen LogP contribution in [0.4, 0.5) is 13.2 Å². The second-order valence-corrected chi connectivity index (χ2v) is 2.38. The third kappa shape index (κ3) is 3.65. The monoisotopic (exact) mass is 212 g/mol. The number of aliphatic hydroxyl groups excluding tert-OH is 1. The van der Waals surface area contributed by atoms with E-state index < -0.39 is 11.7 Å². The lowest BCUT2D eigenvalue weighted by Crippen LogP contribution is -2.04. The van der Waals surface area contributed by atoms with Crippen LogP contribution >= 0.6 is 11.6 Å². The summed E-state index contributed by atoms with van der Waals surface area (Å²) in [6.45, 7) is 0. The van der Waals surface area contributed by atoms with Crippen molar-refractivity contribution in [3.8, 4) is 0 Å². The third-order valence-corrected chi connectivity index (χ3v) is 1.51. The summed E-state index contributed by atoms with van der Waals surface area (Å²) in [5.74, 6) is 0. The lowest BCUT2D eigenvalue weighted by Gasteiger charge is -2.06. The van der Waals surface area contributed by atoms with Crippen molar-refractivity contribution >= 4 is 11.6 Å². The van der Waals surface area contributed by atoms with Gasteiger partial charge in [-0.05, 0) is 12.1 Å². The molecule has 0 aliphatic rings. The fourth-order valence-electron chi connectivity index (χ4n) is 0.691. The van der Waals surface area contributed by atoms with Gasteiger partial charge in [0.05, 0.1) is 10.6 Å². The molecule has 0 atom stereocenters. The maximum Gasteiger partial charge on any atom is 0.417 e. The third-order valence-electron chi connectivity index (χ3n) is 1.18. The summed E-state index contributed by atoms with van der Waals surface area (Å²) in [4.78, 5) is 0. The molecule has 0 aliphatic heterocycles. The molecule has 1 nitrogen and oxygen atoms in total. The molecule has 0 amide bonds. The maximum atomic E-state index is 12.0. The molecule has 1 N–H and O–H groups in total. The summed E-state index contributed by atoms with van der Waals surface area (Å²) < 4.78 is 35.9. The van der Waals surface area contributed by atoms with Gasteiger partial charge in [0.15, 0.2) is 0 Å². The molecule has 0 bridgehead atoms. The van der Waals surface area contributed by atoms with Gasteiger partial charge in [0, 0.05) is 7.11 Å². The predicted octanol–water partition coefficient (Wildman–Crippen LogP) is 2.97. The van der Waals surface area contributed by atoms with Gasteiger partial charge < -0.3 is 5.11 Å². The number of halogens is 4. The first-order valence-corrected chi connectivity index (χ1v) is 3.66. The van der Waals surface area contributed by atoms with E-state index in [4.69, 9.17) is 16.7 Å². The summed E-state index contributed by atoms with van der Waals surface area (Å²) >= 11 is 5.29. The fraction of sp³-hybridized carbons (Fsp3) is 0.250. The van der Waals surface area contributed by atoms with Gasteiger partial charge in [-0.1, -0.05) is 23.7 Å². The lowest BCUT2D eigenvalue weighted by atomic mass is 10.2. The topological polar surface area (TPSA) is 20.2 Å². The van der Waals surface area contributed by atoms with E-state index in [1.165, 1.54) is 18.2 Å². The highest BCUT2D eigenvalue weighted by atomic mass is 35.5. The van der Waals surface area contributed by atoms with Crippen LogP contribution in [0.2, 0.25) is 5.02 Å². The lowest BCUT2D eigenvalue weighted by molar-refractivity contribution is -0.137. The summed E-state index contributed by atoms with van der Waals surface area (Å²) in [5.41, 5.74) is -0.790. The van der Waals surface area contributed by atoms with Crippen LogP contribution < -0.4 is 0 Å². The van der Waals surface area contributed by atoms with E-state index in [1.807, 2.05) is 0 Å². The quantitative estimate of drug-likeness (QED) is 0.701. The Morgan fingerprint density at radius 3 is 1.92 bits per heavy atom. The second-order valence-electron chi connectivity index (χ2n) is 1.98. The molecule has 0 saturated carbocycles. The van der Waals surface area contributed by atoms with Gasteiger partial charge in [-0.3, -0.25) is 0 Å². The van der Waals surface area contributed by atoms with E-state index in [0.29, 0.717) is 0 Å². The summed E-state index contributed by atoms with van der Waals surface area (Å²) in [6, 6.07) is 4.92. The number of aliphatic hydroxyl groups is 1. The Morgan fingerprint density at radius 1 is 1.15 bits per heavy atom. The molecule has 0 aromatic heterocycles. The summed E-state index contributed by atoms with van der Waals surface area (Å²) in [5, 5.41) is 6.74. The van der Waals surface area contributed by atoms with Crippen LogP contribution in [0.15, 0.2) is 24.3 Å². The predicted molar refractivity (Wildman–Crippen MR) is 44.6 cm³/mol. The van der Waals surface area contributed by atoms with Crippen molar-refractivity contribution in [2.45, 2.75) is 6.18 Å². The Labute approximate surface area is 78.8 Å². The summed E-state index contributed by atoms with van der Waals surface area (Å²) in [7, 11) is 1.00. The summed E-state index contributed by atoms with van der Waals surface area (Å²) in [6.07, 6.45) is -4.35. The van der Waals surface area contributed by atoms with Crippen molar-refractivity contribution in [2.75, 3.05) is 7.11 Å². The highest BCUT2D eigenvalue weighted by molar-refractivity contribution is 6.31. The standard InChI is InChI=1S/C7H4ClF3.CH4O/c8-6-4-2-1-3-5(6)7(9,10)11;1-2/h1-4H;2H,1H3. The number of benzene rings is 1. The van der Waals surface area contributed by atoms with Crippen LogP contribution in [-0.2, 0) is 6.18 Å². The Balaban J connectivity index is 0.000000671. The first-order chi connectivity index (χ1) is 6.02. The van der Waals surface area contributed by atoms with Crippen molar-refractivity contribution < 1.29 is 18.3 Å². The van der Waals surface area contributed by atoms with Gasteiger partial charge in [-0.15, -0.1) is 0 Å². The number of hydrogen-bond acceptors (Lipinski definition) is 1. The zero-order valence-electron chi connectivity index (χ0n) is 6.77. The molecule has 0 radical (unpaired) electrons. The molecule has 5 heteroatoms. The SMILES string of the molecule is CO.FC(F)(F)c1ccccc1Cl. The van der Waals surface area contributed by atoms with Crippen LogP contribution in [0, 0.1) is 0 Å². The van der Waals surface area contributed by atoms with Gasteiger partial charge in [-0.25, -0.2) is 0 Å². The van der Waals surface area contributed by atoms with E-state index in [2.05, 4.69) is 0 Å². The molecule has 0 spiro atoms. The first-order valence-electron chi connectivity index (χ1n) is 3.28. The minimum atomic E-state index is -4.35. The molecule has 0 aliphatic carbocycles. The fourth-order valence-corrected chi connectivity index (χ4v) is 0.934. The average molecular weight is 213 g/mol. The Kier molecular flexibility index (Phi) is 4.80. The number of rotatable bonds is 0. The molecule has 0 fully saturated rings. The smallest absolute Gasteiger partial charge is 0.400 e. The Bertz CT molecular complexity index is 260. The van der Waals surface area contributed by atoms with Gasteiger partial charge in [0.2, 0.25) is 0 Å². The van der Waals surface area contributed by atoms with Crippen LogP contribution in [-0.4, -0.2) is 12.2 Å². The second kappa shape index (κ2) is 5.09. The molecule has 0 heterocycles. The van der Waals surface area contributed by atoms with Crippen molar-refractivity contribution in [1.29, 1.82) is 0 Å². The number of hydrogen-bond donors (Lipinski definition) is 1. The van der Waals surface area contributed by atoms with Crippen molar-refractivity contribution in [3.05, 3.63) is 34.9 Å². The molecule has 1 aromatic rings. The molecule has 0 unspecified atom stereocenters. The first kappa shape index (κ1) is 12.3. The molecular weight excluding hydrogens is 205 g/mol. The molecule has 74 valence electrons. The largest absolute Gasteiger partial charge is 0.417 e. The molecule has 13 heavy (non-hydrogen) atoms. The highest BCUT2D eigenvalue weighted by Gasteiger charge is 2.32. The van der Waals surface area contributed by atoms with E-state index in [0.717, 1.165) is 13.2 Å². The minimum Gasteiger partial charge on any atom is -0.400 e. The molecular formula is C8H8ClF3O. The maximum absolute atomic E-state index is 12.0. The van der Waals surface area contributed by atoms with Gasteiger partial charge in [0.25, 0.3) is 0 Å². The van der Waals surface area contributed by atoms with E-state index in [-0.39, 0.29) is 5.02 Å². The Hall–Kier alpha value is -0.740. The van der Waals surface area contributed by atoms with Crippen molar-refractivity contribution in [2.24, 2.45) is 0 Å². The Morgan fingerprint density at radius 2 is 1.62 bits per heavy atom. The van der Waals surface area contributed by atoms with E-state index >= 15 is 0 Å². The van der Waals surface area contributed by atoms with Crippen LogP contribution in [0.3, 0.4) is 0 Å². The van der Waals surface area contributed by atoms with E-state index in [9.17, 15) is 13.2 Å². The molecule has 1 rings (SSSR count). The average Bonchev–Trinajstić information content (AvgIpc) is 2.07. The van der Waals surface area contributed by atoms with Gasteiger partial charge >= 0.3 is 6.18 Å². The molecule has 0 saturated heterocycles. The van der Waals surface area contributed by atoms with Gasteiger partial charge in [0.1, 0.15) is 0 Å². The van der Waals surface area contributed by atoms with Gasteiger partial charge in [-0.2, -0.15) is 13.2 Å². The molecule has 1 aromatic carbocycles. The number of alkyl halides is 3. The highest BCUT2D eigenvalue weighted by Crippen LogP contribution is 2.33. The van der Waals surface area contributed by atoms with Crippen LogP contribution in [0.25, 0.3) is 0 Å². The van der Waals surface area contributed by atoms with Crippen LogP contribution in [0.5, 0.6) is 0 Å². The van der Waals surface area contributed by atoms with Crippen molar-refractivity contribution in [1.82, 2.24) is 0 Å². The zero-order valence-corrected chi connectivity index (χ0v) is 7.52. The van der Waals surface area contributed by atoms with Crippen molar-refractivity contribution in [3.63, 3.8) is 0 Å². The van der Waals surface area contributed by atoms with Crippen LogP contribution in [0.1, 0.15) is 5.56 Å². The minimum absolute atomic E-state index is 0.264. The zero-order chi connectivity index (χ0) is 10.5. The van der Waals surface area contributed by atoms with E-state index in [1.54, 1.807) is 0 Å². The normalized spacial score (nSPS) is 10.3.